The number of carbonyl (C=O) groups excluding carboxylic acids is 1. The molecule has 190 valence electrons. The molecule has 0 aliphatic carbocycles. The van der Waals surface area contributed by atoms with E-state index in [9.17, 15) is 22.4 Å². The molecule has 2 aromatic heterocycles. The molecule has 1 saturated heterocycles. The molecule has 4 rings (SSSR count). The van der Waals surface area contributed by atoms with Gasteiger partial charge in [0.2, 0.25) is 5.95 Å². The Morgan fingerprint density at radius 3 is 2.61 bits per heavy atom. The van der Waals surface area contributed by atoms with Gasteiger partial charge in [-0.1, -0.05) is 0 Å². The van der Waals surface area contributed by atoms with Crippen LogP contribution in [0.1, 0.15) is 10.4 Å². The number of alkyl halides is 3. The van der Waals surface area contributed by atoms with Crippen molar-refractivity contribution in [3.63, 3.8) is 0 Å². The highest BCUT2D eigenvalue weighted by Crippen LogP contribution is 2.32. The Balaban J connectivity index is 1.75. The normalized spacial score (nSPS) is 16.1. The van der Waals surface area contributed by atoms with Crippen molar-refractivity contribution >= 4 is 17.7 Å². The van der Waals surface area contributed by atoms with Gasteiger partial charge in [-0.2, -0.15) is 28.1 Å². The van der Waals surface area contributed by atoms with Gasteiger partial charge in [0.15, 0.2) is 23.4 Å². The summed E-state index contributed by atoms with van der Waals surface area (Å²) in [5.74, 6) is -1.83. The van der Waals surface area contributed by atoms with Crippen LogP contribution in [0.3, 0.4) is 0 Å². The van der Waals surface area contributed by atoms with E-state index in [-0.39, 0.29) is 42.1 Å². The van der Waals surface area contributed by atoms with Crippen LogP contribution in [0, 0.1) is 5.82 Å². The van der Waals surface area contributed by atoms with Crippen molar-refractivity contribution in [2.75, 3.05) is 44.5 Å². The molecule has 3 heterocycles. The highest BCUT2D eigenvalue weighted by Gasteiger charge is 2.46. The van der Waals surface area contributed by atoms with Gasteiger partial charge in [0.05, 0.1) is 13.2 Å². The SMILES string of the molecule is CN(C)C(=O)c1ccc(Oc2nc(-c3ccc(N)nc3)nc(N3CCOC[C@@H]3C(F)(F)F)n2)c(F)c1. The van der Waals surface area contributed by atoms with Crippen LogP contribution >= 0.6 is 0 Å². The maximum atomic E-state index is 14.7. The van der Waals surface area contributed by atoms with Crippen LogP contribution < -0.4 is 15.4 Å². The fraction of sp³-hybridized carbons (Fsp3) is 0.318. The molecule has 2 N–H and O–H groups in total. The fourth-order valence-corrected chi connectivity index (χ4v) is 3.37. The van der Waals surface area contributed by atoms with Crippen molar-refractivity contribution in [3.05, 3.63) is 47.9 Å². The summed E-state index contributed by atoms with van der Waals surface area (Å²) >= 11 is 0. The van der Waals surface area contributed by atoms with Gasteiger partial charge in [0.25, 0.3) is 5.91 Å². The summed E-state index contributed by atoms with van der Waals surface area (Å²) in [6.07, 6.45) is -3.29. The number of hydrogen-bond acceptors (Lipinski definition) is 9. The summed E-state index contributed by atoms with van der Waals surface area (Å²) < 4.78 is 66.3. The average molecular weight is 507 g/mol. The van der Waals surface area contributed by atoms with Crippen molar-refractivity contribution in [2.45, 2.75) is 12.2 Å². The zero-order chi connectivity index (χ0) is 26.0. The van der Waals surface area contributed by atoms with E-state index >= 15 is 0 Å². The lowest BCUT2D eigenvalue weighted by Gasteiger charge is -2.36. The molecule has 10 nitrogen and oxygen atoms in total. The van der Waals surface area contributed by atoms with Crippen molar-refractivity contribution in [2.24, 2.45) is 0 Å². The van der Waals surface area contributed by atoms with E-state index in [2.05, 4.69) is 19.9 Å². The van der Waals surface area contributed by atoms with E-state index in [0.717, 1.165) is 11.0 Å². The molecule has 0 spiro atoms. The molecule has 36 heavy (non-hydrogen) atoms. The predicted molar refractivity (Wildman–Crippen MR) is 120 cm³/mol. The first-order valence-electron chi connectivity index (χ1n) is 10.6. The molecular formula is C22H21F4N7O3. The number of pyridine rings is 1. The van der Waals surface area contributed by atoms with Crippen molar-refractivity contribution in [1.29, 1.82) is 0 Å². The lowest BCUT2D eigenvalue weighted by molar-refractivity contribution is -0.167. The van der Waals surface area contributed by atoms with Crippen molar-refractivity contribution in [3.8, 4) is 23.1 Å². The quantitative estimate of drug-likeness (QED) is 0.520. The maximum Gasteiger partial charge on any atom is 0.411 e. The van der Waals surface area contributed by atoms with Gasteiger partial charge in [-0.05, 0) is 30.3 Å². The number of morpholine rings is 1. The van der Waals surface area contributed by atoms with Crippen LogP contribution in [0.5, 0.6) is 11.8 Å². The molecule has 1 aliphatic rings. The molecule has 0 radical (unpaired) electrons. The van der Waals surface area contributed by atoms with Gasteiger partial charge in [0, 0.05) is 38.0 Å². The first-order chi connectivity index (χ1) is 17.0. The number of hydrogen-bond donors (Lipinski definition) is 1. The third-order valence-corrected chi connectivity index (χ3v) is 5.20. The summed E-state index contributed by atoms with van der Waals surface area (Å²) in [5.41, 5.74) is 6.01. The van der Waals surface area contributed by atoms with Crippen LogP contribution in [0.4, 0.5) is 29.3 Å². The largest absolute Gasteiger partial charge is 0.421 e. The van der Waals surface area contributed by atoms with Gasteiger partial charge in [-0.25, -0.2) is 9.37 Å². The third-order valence-electron chi connectivity index (χ3n) is 5.20. The molecule has 1 aliphatic heterocycles. The zero-order valence-corrected chi connectivity index (χ0v) is 19.2. The molecule has 1 atom stereocenters. The zero-order valence-electron chi connectivity index (χ0n) is 19.2. The molecule has 0 saturated carbocycles. The van der Waals surface area contributed by atoms with Gasteiger partial charge < -0.3 is 25.0 Å². The van der Waals surface area contributed by atoms with Crippen molar-refractivity contribution < 1.29 is 31.8 Å². The van der Waals surface area contributed by atoms with Gasteiger partial charge >= 0.3 is 12.2 Å². The lowest BCUT2D eigenvalue weighted by atomic mass is 10.2. The smallest absolute Gasteiger partial charge is 0.411 e. The van der Waals surface area contributed by atoms with Gasteiger partial charge in [-0.3, -0.25) is 4.79 Å². The Morgan fingerprint density at radius 1 is 1.19 bits per heavy atom. The second-order valence-electron chi connectivity index (χ2n) is 7.99. The third kappa shape index (κ3) is 5.43. The minimum atomic E-state index is -4.63. The second-order valence-corrected chi connectivity index (χ2v) is 7.99. The molecule has 1 amide bonds. The van der Waals surface area contributed by atoms with E-state index in [1.54, 1.807) is 0 Å². The molecule has 0 bridgehead atoms. The minimum absolute atomic E-state index is 0.0171. The number of halogens is 4. The summed E-state index contributed by atoms with van der Waals surface area (Å²) in [5, 5.41) is 0. The number of nitrogen functional groups attached to an aromatic ring is 1. The van der Waals surface area contributed by atoms with E-state index in [1.807, 2.05) is 0 Å². The van der Waals surface area contributed by atoms with Crippen molar-refractivity contribution in [1.82, 2.24) is 24.8 Å². The predicted octanol–water partition coefficient (Wildman–Crippen LogP) is 2.92. The summed E-state index contributed by atoms with van der Waals surface area (Å²) in [6.45, 7) is -0.744. The van der Waals surface area contributed by atoms with Crippen LogP contribution in [-0.4, -0.2) is 76.8 Å². The molecule has 1 aromatic carbocycles. The summed E-state index contributed by atoms with van der Waals surface area (Å²) in [7, 11) is 3.04. The Kier molecular flexibility index (Phi) is 6.88. The Morgan fingerprint density at radius 2 is 1.97 bits per heavy atom. The first kappa shape index (κ1) is 25.0. The molecule has 1 fully saturated rings. The number of nitrogens with zero attached hydrogens (tertiary/aromatic N) is 6. The number of amides is 1. The Labute approximate surface area is 202 Å². The number of aromatic nitrogens is 4. The summed E-state index contributed by atoms with van der Waals surface area (Å²) in [6, 6.07) is 4.05. The highest BCUT2D eigenvalue weighted by molar-refractivity contribution is 5.94. The molecule has 0 unspecified atom stereocenters. The topological polar surface area (TPSA) is 120 Å². The Hall–Kier alpha value is -4.07. The fourth-order valence-electron chi connectivity index (χ4n) is 3.37. The number of nitrogens with two attached hydrogens (primary N) is 1. The van der Waals surface area contributed by atoms with Crippen LogP contribution in [-0.2, 0) is 4.74 Å². The monoisotopic (exact) mass is 507 g/mol. The number of anilines is 2. The lowest BCUT2D eigenvalue weighted by Crippen LogP contribution is -2.54. The summed E-state index contributed by atoms with van der Waals surface area (Å²) in [4.78, 5) is 30.6. The van der Waals surface area contributed by atoms with E-state index in [4.69, 9.17) is 15.2 Å². The highest BCUT2D eigenvalue weighted by atomic mass is 19.4. The maximum absolute atomic E-state index is 14.7. The first-order valence-corrected chi connectivity index (χ1v) is 10.6. The van der Waals surface area contributed by atoms with Gasteiger partial charge in [-0.15, -0.1) is 0 Å². The second kappa shape index (κ2) is 9.89. The number of carbonyl (C=O) groups is 1. The number of rotatable bonds is 5. The van der Waals surface area contributed by atoms with E-state index < -0.39 is 36.6 Å². The minimum Gasteiger partial charge on any atom is -0.421 e. The van der Waals surface area contributed by atoms with E-state index in [0.29, 0.717) is 5.56 Å². The number of ether oxygens (including phenoxy) is 2. The van der Waals surface area contributed by atoms with Crippen LogP contribution in [0.2, 0.25) is 0 Å². The van der Waals surface area contributed by atoms with Crippen LogP contribution in [0.15, 0.2) is 36.5 Å². The van der Waals surface area contributed by atoms with Gasteiger partial charge in [0.1, 0.15) is 5.82 Å². The van der Waals surface area contributed by atoms with Crippen LogP contribution in [0.25, 0.3) is 11.4 Å². The molecular weight excluding hydrogens is 486 g/mol. The Bertz CT molecular complexity index is 1260. The average Bonchev–Trinajstić information content (AvgIpc) is 2.84. The molecule has 3 aromatic rings. The van der Waals surface area contributed by atoms with E-state index in [1.165, 1.54) is 49.5 Å². The molecule has 14 heteroatoms. The standard InChI is InChI=1S/C22H21F4N7O3/c1-32(2)19(34)12-3-5-15(14(23)9-12)36-21-30-18(13-4-6-17(27)28-10-13)29-20(31-21)33-7-8-35-11-16(33)22(24,25)26/h3-6,9-10,16H,7-8,11H2,1-2H3,(H2,27,28)/t16-/m1/s1. The number of benzene rings is 1.